The van der Waals surface area contributed by atoms with Gasteiger partial charge in [-0.25, -0.2) is 9.37 Å². The molecule has 0 aliphatic heterocycles. The van der Waals surface area contributed by atoms with Crippen molar-refractivity contribution in [2.45, 2.75) is 26.2 Å². The van der Waals surface area contributed by atoms with Crippen LogP contribution in [0, 0.1) is 12.7 Å². The molecular formula is C19H17FN2O2S. The molecule has 0 bridgehead atoms. The Kier molecular flexibility index (Phi) is 4.63. The Morgan fingerprint density at radius 2 is 2.08 bits per heavy atom. The van der Waals surface area contributed by atoms with Crippen LogP contribution in [0.15, 0.2) is 48.1 Å². The van der Waals surface area contributed by atoms with E-state index in [1.165, 1.54) is 23.5 Å². The van der Waals surface area contributed by atoms with E-state index in [0.29, 0.717) is 16.8 Å². The zero-order valence-corrected chi connectivity index (χ0v) is 14.9. The highest BCUT2D eigenvalue weighted by Crippen LogP contribution is 2.29. The van der Waals surface area contributed by atoms with E-state index in [2.05, 4.69) is 9.97 Å². The van der Waals surface area contributed by atoms with Gasteiger partial charge in [-0.2, -0.15) is 0 Å². The number of pyridine rings is 1. The molecule has 0 amide bonds. The predicted octanol–water partition coefficient (Wildman–Crippen LogP) is 4.54. The summed E-state index contributed by atoms with van der Waals surface area (Å²) in [4.78, 5) is 20.9. The van der Waals surface area contributed by atoms with Crippen molar-refractivity contribution in [3.8, 4) is 17.0 Å². The van der Waals surface area contributed by atoms with Crippen molar-refractivity contribution in [2.24, 2.45) is 0 Å². The summed E-state index contributed by atoms with van der Waals surface area (Å²) in [6, 6.07) is 8.01. The summed E-state index contributed by atoms with van der Waals surface area (Å²) < 4.78 is 19.7. The van der Waals surface area contributed by atoms with Crippen LogP contribution in [0.2, 0.25) is 0 Å². The molecule has 0 N–H and O–H groups in total. The normalized spacial score (nSPS) is 11.4. The van der Waals surface area contributed by atoms with Gasteiger partial charge in [0.2, 0.25) is 0 Å². The molecule has 3 aromatic rings. The molecule has 0 aliphatic rings. The van der Waals surface area contributed by atoms with Gasteiger partial charge in [0.15, 0.2) is 11.6 Å². The standard InChI is InChI=1S/C19H17FN2O2S/c1-12-22-16(11-25-12)13-6-7-17(15(20)9-13)24-18(23)19(2,3)14-5-4-8-21-10-14/h4-11H,1-3H3. The van der Waals surface area contributed by atoms with Gasteiger partial charge in [-0.15, -0.1) is 11.3 Å². The van der Waals surface area contributed by atoms with Gasteiger partial charge >= 0.3 is 5.97 Å². The fourth-order valence-electron chi connectivity index (χ4n) is 2.32. The first kappa shape index (κ1) is 17.2. The molecule has 0 saturated carbocycles. The highest BCUT2D eigenvalue weighted by atomic mass is 32.1. The quantitative estimate of drug-likeness (QED) is 0.509. The van der Waals surface area contributed by atoms with Crippen molar-refractivity contribution >= 4 is 17.3 Å². The monoisotopic (exact) mass is 356 g/mol. The van der Waals surface area contributed by atoms with Crippen LogP contribution in [0.3, 0.4) is 0 Å². The maximum Gasteiger partial charge on any atom is 0.321 e. The van der Waals surface area contributed by atoms with Crippen LogP contribution < -0.4 is 4.74 Å². The second-order valence-electron chi connectivity index (χ2n) is 6.15. The van der Waals surface area contributed by atoms with E-state index in [4.69, 9.17) is 4.74 Å². The lowest BCUT2D eigenvalue weighted by Crippen LogP contribution is -2.33. The first-order valence-electron chi connectivity index (χ1n) is 7.73. The van der Waals surface area contributed by atoms with Gasteiger partial charge in [0.1, 0.15) is 0 Å². The molecule has 0 atom stereocenters. The number of carbonyl (C=O) groups is 1. The number of aromatic nitrogens is 2. The molecular weight excluding hydrogens is 339 g/mol. The number of thiazole rings is 1. The topological polar surface area (TPSA) is 52.1 Å². The first-order chi connectivity index (χ1) is 11.9. The number of benzene rings is 1. The van der Waals surface area contributed by atoms with Gasteiger partial charge in [0.25, 0.3) is 0 Å². The van der Waals surface area contributed by atoms with Crippen LogP contribution in [0.25, 0.3) is 11.3 Å². The third kappa shape index (κ3) is 3.58. The average molecular weight is 356 g/mol. The Labute approximate surface area is 149 Å². The minimum atomic E-state index is -0.939. The third-order valence-electron chi connectivity index (χ3n) is 3.94. The number of nitrogens with zero attached hydrogens (tertiary/aromatic N) is 2. The number of esters is 1. The van der Waals surface area contributed by atoms with Crippen molar-refractivity contribution < 1.29 is 13.9 Å². The molecule has 3 rings (SSSR count). The Hall–Kier alpha value is -2.60. The Morgan fingerprint density at radius 3 is 2.68 bits per heavy atom. The fraction of sp³-hybridized carbons (Fsp3) is 0.211. The largest absolute Gasteiger partial charge is 0.423 e. The van der Waals surface area contributed by atoms with E-state index in [1.54, 1.807) is 44.4 Å². The number of ether oxygens (including phenoxy) is 1. The number of hydrogen-bond donors (Lipinski definition) is 0. The Bertz CT molecular complexity index is 907. The van der Waals surface area contributed by atoms with Crippen molar-refractivity contribution in [3.63, 3.8) is 0 Å². The molecule has 25 heavy (non-hydrogen) atoms. The molecule has 6 heteroatoms. The van der Waals surface area contributed by atoms with Gasteiger partial charge in [-0.1, -0.05) is 6.07 Å². The highest BCUT2D eigenvalue weighted by molar-refractivity contribution is 7.09. The lowest BCUT2D eigenvalue weighted by Gasteiger charge is -2.22. The van der Waals surface area contributed by atoms with E-state index in [0.717, 1.165) is 5.01 Å². The summed E-state index contributed by atoms with van der Waals surface area (Å²) in [5.41, 5.74) is 1.11. The molecule has 0 spiro atoms. The Morgan fingerprint density at radius 1 is 1.28 bits per heavy atom. The maximum atomic E-state index is 14.4. The minimum Gasteiger partial charge on any atom is -0.423 e. The second kappa shape index (κ2) is 6.72. The number of halogens is 1. The van der Waals surface area contributed by atoms with Crippen LogP contribution >= 0.6 is 11.3 Å². The van der Waals surface area contributed by atoms with Gasteiger partial charge in [0.05, 0.1) is 16.1 Å². The van der Waals surface area contributed by atoms with Crippen LogP contribution in [-0.2, 0) is 10.2 Å². The minimum absolute atomic E-state index is 0.0994. The summed E-state index contributed by atoms with van der Waals surface area (Å²) in [6.07, 6.45) is 3.23. The number of hydrogen-bond acceptors (Lipinski definition) is 5. The summed E-state index contributed by atoms with van der Waals surface area (Å²) >= 11 is 1.50. The lowest BCUT2D eigenvalue weighted by molar-refractivity contribution is -0.139. The van der Waals surface area contributed by atoms with Crippen LogP contribution in [-0.4, -0.2) is 15.9 Å². The summed E-state index contributed by atoms with van der Waals surface area (Å²) in [7, 11) is 0. The highest BCUT2D eigenvalue weighted by Gasteiger charge is 2.32. The van der Waals surface area contributed by atoms with E-state index in [9.17, 15) is 9.18 Å². The molecule has 4 nitrogen and oxygen atoms in total. The average Bonchev–Trinajstić information content (AvgIpc) is 3.04. The van der Waals surface area contributed by atoms with E-state index >= 15 is 0 Å². The zero-order valence-electron chi connectivity index (χ0n) is 14.1. The second-order valence-corrected chi connectivity index (χ2v) is 7.22. The maximum absolute atomic E-state index is 14.4. The van der Waals surface area contributed by atoms with Crippen molar-refractivity contribution in [1.29, 1.82) is 0 Å². The molecule has 0 fully saturated rings. The van der Waals surface area contributed by atoms with E-state index in [-0.39, 0.29) is 5.75 Å². The van der Waals surface area contributed by atoms with E-state index in [1.807, 2.05) is 12.3 Å². The van der Waals surface area contributed by atoms with Crippen LogP contribution in [0.5, 0.6) is 5.75 Å². The Balaban J connectivity index is 1.82. The summed E-state index contributed by atoms with van der Waals surface area (Å²) in [5, 5.41) is 2.77. The van der Waals surface area contributed by atoms with E-state index < -0.39 is 17.2 Å². The van der Waals surface area contributed by atoms with Crippen molar-refractivity contribution in [1.82, 2.24) is 9.97 Å². The summed E-state index contributed by atoms with van der Waals surface area (Å²) in [5.74, 6) is -1.24. The molecule has 128 valence electrons. The molecule has 0 unspecified atom stereocenters. The van der Waals surface area contributed by atoms with Gasteiger partial charge in [-0.05, 0) is 50.6 Å². The van der Waals surface area contributed by atoms with Crippen LogP contribution in [0.4, 0.5) is 4.39 Å². The van der Waals surface area contributed by atoms with Crippen molar-refractivity contribution in [2.75, 3.05) is 0 Å². The van der Waals surface area contributed by atoms with Gasteiger partial charge in [0, 0.05) is 23.3 Å². The SMILES string of the molecule is Cc1nc(-c2ccc(OC(=O)C(C)(C)c3cccnc3)c(F)c2)cs1. The molecule has 0 aliphatic carbocycles. The van der Waals surface area contributed by atoms with Gasteiger partial charge < -0.3 is 4.74 Å². The smallest absolute Gasteiger partial charge is 0.321 e. The molecule has 2 heterocycles. The molecule has 2 aromatic heterocycles. The molecule has 1 aromatic carbocycles. The number of carbonyl (C=O) groups excluding carboxylic acids is 1. The zero-order chi connectivity index (χ0) is 18.0. The third-order valence-corrected chi connectivity index (χ3v) is 4.72. The molecule has 0 saturated heterocycles. The number of rotatable bonds is 4. The first-order valence-corrected chi connectivity index (χ1v) is 8.61. The predicted molar refractivity (Wildman–Crippen MR) is 95.1 cm³/mol. The lowest BCUT2D eigenvalue weighted by atomic mass is 9.86. The summed E-state index contributed by atoms with van der Waals surface area (Å²) in [6.45, 7) is 5.33. The van der Waals surface area contributed by atoms with Crippen molar-refractivity contribution in [3.05, 3.63) is 64.5 Å². The molecule has 0 radical (unpaired) electrons. The number of aryl methyl sites for hydroxylation is 1. The van der Waals surface area contributed by atoms with Gasteiger partial charge in [-0.3, -0.25) is 9.78 Å². The fourth-order valence-corrected chi connectivity index (χ4v) is 2.94. The van der Waals surface area contributed by atoms with Crippen LogP contribution in [0.1, 0.15) is 24.4 Å².